The van der Waals surface area contributed by atoms with E-state index >= 15 is 0 Å². The maximum Gasteiger partial charge on any atom is 0.263 e. The Morgan fingerprint density at radius 1 is 1.41 bits per heavy atom. The zero-order valence-corrected chi connectivity index (χ0v) is 17.3. The molecule has 1 fully saturated rings. The molecule has 2 aromatic heterocycles. The molecule has 0 aromatic carbocycles. The number of aryl methyl sites for hydroxylation is 1. The summed E-state index contributed by atoms with van der Waals surface area (Å²) in [6.45, 7) is 8.17. The zero-order chi connectivity index (χ0) is 19.0. The molecule has 0 N–H and O–H groups in total. The average molecular weight is 404 g/mol. The highest BCUT2D eigenvalue weighted by atomic mass is 32.2. The SMILES string of the molecule is C=CCn1c(SCC(=O)N2CCCC2)nc2sc3c(c2c1=O)CC[C@@H](C)C3. The van der Waals surface area contributed by atoms with Gasteiger partial charge in [0.1, 0.15) is 4.83 Å². The van der Waals surface area contributed by atoms with Gasteiger partial charge in [0.15, 0.2) is 5.16 Å². The van der Waals surface area contributed by atoms with Gasteiger partial charge in [0.05, 0.1) is 11.1 Å². The number of amides is 1. The number of aromatic nitrogens is 2. The van der Waals surface area contributed by atoms with Gasteiger partial charge in [0.2, 0.25) is 5.91 Å². The Balaban J connectivity index is 1.69. The summed E-state index contributed by atoms with van der Waals surface area (Å²) in [5, 5.41) is 1.42. The largest absolute Gasteiger partial charge is 0.342 e. The number of hydrogen-bond donors (Lipinski definition) is 0. The smallest absolute Gasteiger partial charge is 0.263 e. The second-order valence-electron chi connectivity index (χ2n) is 7.51. The van der Waals surface area contributed by atoms with E-state index in [9.17, 15) is 9.59 Å². The van der Waals surface area contributed by atoms with Crippen molar-refractivity contribution in [2.75, 3.05) is 18.8 Å². The molecule has 5 nitrogen and oxygen atoms in total. The van der Waals surface area contributed by atoms with Crippen LogP contribution in [-0.4, -0.2) is 39.2 Å². The Bertz CT molecular complexity index is 941. The van der Waals surface area contributed by atoms with E-state index in [2.05, 4.69) is 13.5 Å². The van der Waals surface area contributed by atoms with E-state index in [1.165, 1.54) is 22.2 Å². The van der Waals surface area contributed by atoms with Crippen molar-refractivity contribution < 1.29 is 4.79 Å². The summed E-state index contributed by atoms with van der Waals surface area (Å²) in [4.78, 5) is 34.5. The summed E-state index contributed by atoms with van der Waals surface area (Å²) >= 11 is 3.04. The summed E-state index contributed by atoms with van der Waals surface area (Å²) in [6, 6.07) is 0. The van der Waals surface area contributed by atoms with E-state index < -0.39 is 0 Å². The molecular weight excluding hydrogens is 378 g/mol. The highest BCUT2D eigenvalue weighted by Gasteiger charge is 2.25. The second-order valence-corrected chi connectivity index (χ2v) is 9.53. The lowest BCUT2D eigenvalue weighted by Gasteiger charge is -2.18. The van der Waals surface area contributed by atoms with Gasteiger partial charge in [-0.25, -0.2) is 4.98 Å². The van der Waals surface area contributed by atoms with Crippen LogP contribution < -0.4 is 5.56 Å². The van der Waals surface area contributed by atoms with Gasteiger partial charge in [0, 0.05) is 24.5 Å². The van der Waals surface area contributed by atoms with Crippen LogP contribution in [0.3, 0.4) is 0 Å². The molecule has 2 aromatic rings. The van der Waals surface area contributed by atoms with Crippen molar-refractivity contribution in [1.29, 1.82) is 0 Å². The van der Waals surface area contributed by atoms with Gasteiger partial charge in [-0.15, -0.1) is 17.9 Å². The van der Waals surface area contributed by atoms with Crippen LogP contribution >= 0.6 is 23.1 Å². The maximum absolute atomic E-state index is 13.2. The summed E-state index contributed by atoms with van der Waals surface area (Å²) < 4.78 is 1.68. The van der Waals surface area contributed by atoms with Crippen molar-refractivity contribution in [3.05, 3.63) is 33.4 Å². The molecule has 0 spiro atoms. The third kappa shape index (κ3) is 3.59. The van der Waals surface area contributed by atoms with Gasteiger partial charge in [-0.2, -0.15) is 0 Å². The third-order valence-corrected chi connectivity index (χ3v) is 7.58. The Kier molecular flexibility index (Phi) is 5.41. The van der Waals surface area contributed by atoms with Crippen LogP contribution in [0.5, 0.6) is 0 Å². The molecule has 3 heterocycles. The lowest BCUT2D eigenvalue weighted by atomic mass is 9.89. The summed E-state index contributed by atoms with van der Waals surface area (Å²) in [6.07, 6.45) is 7.01. The molecule has 1 aliphatic carbocycles. The minimum Gasteiger partial charge on any atom is -0.342 e. The van der Waals surface area contributed by atoms with Crippen LogP contribution in [0.15, 0.2) is 22.6 Å². The van der Waals surface area contributed by atoms with E-state index in [0.717, 1.165) is 55.4 Å². The third-order valence-electron chi connectivity index (χ3n) is 5.48. The molecule has 0 unspecified atom stereocenters. The fourth-order valence-corrected chi connectivity index (χ4v) is 6.32. The molecule has 4 rings (SSSR count). The number of rotatable bonds is 5. The van der Waals surface area contributed by atoms with Gasteiger partial charge < -0.3 is 4.90 Å². The molecule has 0 bridgehead atoms. The van der Waals surface area contributed by atoms with E-state index in [1.54, 1.807) is 22.0 Å². The van der Waals surface area contributed by atoms with Crippen LogP contribution in [0.25, 0.3) is 10.2 Å². The Morgan fingerprint density at radius 3 is 2.93 bits per heavy atom. The molecule has 1 aliphatic heterocycles. The fourth-order valence-electron chi connectivity index (χ4n) is 3.99. The van der Waals surface area contributed by atoms with Crippen LogP contribution in [0, 0.1) is 5.92 Å². The van der Waals surface area contributed by atoms with Crippen molar-refractivity contribution in [2.45, 2.75) is 50.7 Å². The Hall–Kier alpha value is -1.60. The average Bonchev–Trinajstić information content (AvgIpc) is 3.29. The highest BCUT2D eigenvalue weighted by molar-refractivity contribution is 7.99. The number of nitrogens with zero attached hydrogens (tertiary/aromatic N) is 3. The summed E-state index contributed by atoms with van der Waals surface area (Å²) in [5.74, 6) is 1.13. The normalized spacial score (nSPS) is 19.4. The Morgan fingerprint density at radius 2 is 2.19 bits per heavy atom. The molecule has 0 saturated carbocycles. The highest BCUT2D eigenvalue weighted by Crippen LogP contribution is 2.36. The predicted octanol–water partition coefficient (Wildman–Crippen LogP) is 3.48. The number of thioether (sulfide) groups is 1. The quantitative estimate of drug-likeness (QED) is 0.436. The number of carbonyl (C=O) groups excluding carboxylic acids is 1. The maximum atomic E-state index is 13.2. The van der Waals surface area contributed by atoms with Gasteiger partial charge >= 0.3 is 0 Å². The zero-order valence-electron chi connectivity index (χ0n) is 15.7. The van der Waals surface area contributed by atoms with E-state index in [-0.39, 0.29) is 11.5 Å². The molecular formula is C20H25N3O2S2. The first-order valence-corrected chi connectivity index (χ1v) is 11.4. The summed E-state index contributed by atoms with van der Waals surface area (Å²) in [5.41, 5.74) is 1.22. The molecule has 144 valence electrons. The van der Waals surface area contributed by atoms with Crippen molar-refractivity contribution in [2.24, 2.45) is 5.92 Å². The molecule has 27 heavy (non-hydrogen) atoms. The monoisotopic (exact) mass is 403 g/mol. The molecule has 2 aliphatic rings. The number of allylic oxidation sites excluding steroid dienone is 1. The minimum atomic E-state index is 0.0167. The van der Waals surface area contributed by atoms with Crippen molar-refractivity contribution in [3.8, 4) is 0 Å². The van der Waals surface area contributed by atoms with Crippen LogP contribution in [0.4, 0.5) is 0 Å². The molecule has 1 atom stereocenters. The first-order valence-electron chi connectivity index (χ1n) is 9.65. The van der Waals surface area contributed by atoms with Crippen LogP contribution in [0.2, 0.25) is 0 Å². The second kappa shape index (κ2) is 7.80. The topological polar surface area (TPSA) is 55.2 Å². The van der Waals surface area contributed by atoms with Crippen molar-refractivity contribution >= 4 is 39.2 Å². The lowest BCUT2D eigenvalue weighted by molar-refractivity contribution is -0.127. The predicted molar refractivity (Wildman–Crippen MR) is 112 cm³/mol. The first kappa shape index (κ1) is 18.7. The molecule has 0 radical (unpaired) electrons. The van der Waals surface area contributed by atoms with E-state index in [1.807, 2.05) is 4.90 Å². The number of fused-ring (bicyclic) bond motifs is 3. The number of thiophene rings is 1. The van der Waals surface area contributed by atoms with Gasteiger partial charge in [-0.05, 0) is 43.6 Å². The molecule has 1 amide bonds. The van der Waals surface area contributed by atoms with Gasteiger partial charge in [0.25, 0.3) is 5.56 Å². The van der Waals surface area contributed by atoms with Crippen molar-refractivity contribution in [1.82, 2.24) is 14.5 Å². The minimum absolute atomic E-state index is 0.0167. The lowest BCUT2D eigenvalue weighted by Crippen LogP contribution is -2.30. The number of likely N-dealkylation sites (tertiary alicyclic amines) is 1. The molecule has 1 saturated heterocycles. The molecule has 7 heteroatoms. The standard InChI is InChI=1S/C20H25N3O2S2/c1-3-8-23-19(25)17-14-7-6-13(2)11-15(14)27-18(17)21-20(23)26-12-16(24)22-9-4-5-10-22/h3,13H,1,4-12H2,2H3/t13-/m1/s1. The van der Waals surface area contributed by atoms with Crippen LogP contribution in [0.1, 0.15) is 36.6 Å². The van der Waals surface area contributed by atoms with Crippen molar-refractivity contribution in [3.63, 3.8) is 0 Å². The van der Waals surface area contributed by atoms with Crippen LogP contribution in [-0.2, 0) is 24.2 Å². The first-order chi connectivity index (χ1) is 13.1. The van der Waals surface area contributed by atoms with Gasteiger partial charge in [-0.3, -0.25) is 14.2 Å². The number of carbonyl (C=O) groups is 1. The van der Waals surface area contributed by atoms with Gasteiger partial charge in [-0.1, -0.05) is 24.8 Å². The summed E-state index contributed by atoms with van der Waals surface area (Å²) in [7, 11) is 0. The number of hydrogen-bond acceptors (Lipinski definition) is 5. The van der Waals surface area contributed by atoms with E-state index in [4.69, 9.17) is 4.98 Å². The fraction of sp³-hybridized carbons (Fsp3) is 0.550. The Labute approximate surface area is 167 Å². The van der Waals surface area contributed by atoms with E-state index in [0.29, 0.717) is 23.4 Å².